The Labute approximate surface area is 99.3 Å². The van der Waals surface area contributed by atoms with Crippen LogP contribution in [-0.2, 0) is 0 Å². The second-order valence-corrected chi connectivity index (χ2v) is 3.55. The van der Waals surface area contributed by atoms with Gasteiger partial charge in [0.05, 0.1) is 12.7 Å². The summed E-state index contributed by atoms with van der Waals surface area (Å²) in [7, 11) is 1.59. The third kappa shape index (κ3) is 2.01. The summed E-state index contributed by atoms with van der Waals surface area (Å²) in [5.41, 5.74) is 2.21. The largest absolute Gasteiger partial charge is 0.496 e. The van der Waals surface area contributed by atoms with Crippen LogP contribution in [0.4, 0.5) is 0 Å². The quantitative estimate of drug-likeness (QED) is 0.756. The van der Waals surface area contributed by atoms with Crippen LogP contribution in [0, 0.1) is 6.92 Å². The van der Waals surface area contributed by atoms with Gasteiger partial charge in [0.25, 0.3) is 0 Å². The number of hydrogen-bond donors (Lipinski definition) is 0. The van der Waals surface area contributed by atoms with E-state index in [2.05, 4.69) is 9.97 Å². The van der Waals surface area contributed by atoms with Crippen LogP contribution < -0.4 is 4.74 Å². The second-order valence-electron chi connectivity index (χ2n) is 3.55. The smallest absolute Gasteiger partial charge is 0.163 e. The Morgan fingerprint density at radius 1 is 1.24 bits per heavy atom. The SMILES string of the molecule is COc1ccc(C=O)c(C)c1-c1ncccn1. The third-order valence-corrected chi connectivity index (χ3v) is 2.60. The lowest BCUT2D eigenvalue weighted by molar-refractivity contribution is 0.112. The van der Waals surface area contributed by atoms with Crippen molar-refractivity contribution in [2.45, 2.75) is 6.92 Å². The molecule has 0 spiro atoms. The molecule has 86 valence electrons. The normalized spacial score (nSPS) is 10.0. The molecule has 4 heteroatoms. The lowest BCUT2D eigenvalue weighted by Gasteiger charge is -2.11. The van der Waals surface area contributed by atoms with Crippen molar-refractivity contribution < 1.29 is 9.53 Å². The number of aldehydes is 1. The zero-order valence-corrected chi connectivity index (χ0v) is 9.68. The van der Waals surface area contributed by atoms with Gasteiger partial charge in [-0.05, 0) is 30.7 Å². The highest BCUT2D eigenvalue weighted by Crippen LogP contribution is 2.31. The van der Waals surface area contributed by atoms with Crippen LogP contribution in [-0.4, -0.2) is 23.4 Å². The lowest BCUT2D eigenvalue weighted by Crippen LogP contribution is -1.98. The summed E-state index contributed by atoms with van der Waals surface area (Å²) in [5, 5.41) is 0. The summed E-state index contributed by atoms with van der Waals surface area (Å²) in [6, 6.07) is 5.23. The first-order valence-electron chi connectivity index (χ1n) is 5.18. The molecule has 1 heterocycles. The van der Waals surface area contributed by atoms with Gasteiger partial charge in [0.2, 0.25) is 0 Å². The van der Waals surface area contributed by atoms with Crippen molar-refractivity contribution in [3.05, 3.63) is 41.7 Å². The van der Waals surface area contributed by atoms with Gasteiger partial charge in [0.1, 0.15) is 12.0 Å². The minimum absolute atomic E-state index is 0.561. The van der Waals surface area contributed by atoms with Crippen molar-refractivity contribution >= 4 is 6.29 Å². The van der Waals surface area contributed by atoms with Crippen LogP contribution in [0.3, 0.4) is 0 Å². The number of carbonyl (C=O) groups excluding carboxylic acids is 1. The van der Waals surface area contributed by atoms with E-state index in [1.165, 1.54) is 0 Å². The number of benzene rings is 1. The summed E-state index contributed by atoms with van der Waals surface area (Å²) < 4.78 is 5.28. The molecule has 0 fully saturated rings. The molecule has 0 aliphatic rings. The molecule has 0 aliphatic heterocycles. The van der Waals surface area contributed by atoms with Crippen molar-refractivity contribution in [3.8, 4) is 17.1 Å². The minimum atomic E-state index is 0.561. The molecule has 4 nitrogen and oxygen atoms in total. The van der Waals surface area contributed by atoms with Crippen molar-refractivity contribution in [1.29, 1.82) is 0 Å². The summed E-state index contributed by atoms with van der Waals surface area (Å²) in [5.74, 6) is 1.23. The van der Waals surface area contributed by atoms with Gasteiger partial charge in [0.15, 0.2) is 5.82 Å². The van der Waals surface area contributed by atoms with Crippen LogP contribution in [0.15, 0.2) is 30.6 Å². The maximum atomic E-state index is 10.9. The Morgan fingerprint density at radius 2 is 1.94 bits per heavy atom. The van der Waals surface area contributed by atoms with E-state index < -0.39 is 0 Å². The van der Waals surface area contributed by atoms with Gasteiger partial charge in [-0.3, -0.25) is 4.79 Å². The summed E-state index contributed by atoms with van der Waals surface area (Å²) in [6.07, 6.45) is 4.14. The van der Waals surface area contributed by atoms with Crippen LogP contribution >= 0.6 is 0 Å². The minimum Gasteiger partial charge on any atom is -0.496 e. The first kappa shape index (κ1) is 11.3. The van der Waals surface area contributed by atoms with Crippen molar-refractivity contribution in [2.75, 3.05) is 7.11 Å². The zero-order valence-electron chi connectivity index (χ0n) is 9.68. The standard InChI is InChI=1S/C13H12N2O2/c1-9-10(8-16)4-5-11(17-2)12(9)13-14-6-3-7-15-13/h3-8H,1-2H3. The van der Waals surface area contributed by atoms with E-state index in [4.69, 9.17) is 4.74 Å². The van der Waals surface area contributed by atoms with Crippen molar-refractivity contribution in [2.24, 2.45) is 0 Å². The molecule has 2 aromatic rings. The van der Waals surface area contributed by atoms with Crippen molar-refractivity contribution in [1.82, 2.24) is 9.97 Å². The van der Waals surface area contributed by atoms with Gasteiger partial charge in [-0.2, -0.15) is 0 Å². The molecule has 0 bridgehead atoms. The highest BCUT2D eigenvalue weighted by molar-refractivity contribution is 5.83. The molecule has 0 N–H and O–H groups in total. The number of methoxy groups -OCH3 is 1. The van der Waals surface area contributed by atoms with Crippen LogP contribution in [0.2, 0.25) is 0 Å². The summed E-state index contributed by atoms with van der Waals surface area (Å²) >= 11 is 0. The van der Waals surface area contributed by atoms with Gasteiger partial charge in [-0.25, -0.2) is 9.97 Å². The number of aromatic nitrogens is 2. The number of hydrogen-bond acceptors (Lipinski definition) is 4. The molecule has 0 radical (unpaired) electrons. The monoisotopic (exact) mass is 228 g/mol. The van der Waals surface area contributed by atoms with E-state index in [9.17, 15) is 4.79 Å². The fourth-order valence-electron chi connectivity index (χ4n) is 1.71. The van der Waals surface area contributed by atoms with Gasteiger partial charge in [-0.1, -0.05) is 0 Å². The van der Waals surface area contributed by atoms with Crippen LogP contribution in [0.5, 0.6) is 5.75 Å². The van der Waals surface area contributed by atoms with Crippen molar-refractivity contribution in [3.63, 3.8) is 0 Å². The first-order chi connectivity index (χ1) is 8.27. The lowest BCUT2D eigenvalue weighted by atomic mass is 10.0. The Bertz CT molecular complexity index is 539. The molecule has 0 atom stereocenters. The molecule has 2 rings (SSSR count). The Balaban J connectivity index is 2.70. The topological polar surface area (TPSA) is 52.1 Å². The molecule has 0 amide bonds. The molecule has 0 unspecified atom stereocenters. The highest BCUT2D eigenvalue weighted by Gasteiger charge is 2.14. The van der Waals surface area contributed by atoms with E-state index in [1.54, 1.807) is 37.7 Å². The second kappa shape index (κ2) is 4.74. The number of carbonyl (C=O) groups is 1. The first-order valence-corrected chi connectivity index (χ1v) is 5.18. The van der Waals surface area contributed by atoms with Gasteiger partial charge in [0, 0.05) is 18.0 Å². The maximum Gasteiger partial charge on any atom is 0.163 e. The Hall–Kier alpha value is -2.23. The average molecular weight is 228 g/mol. The zero-order chi connectivity index (χ0) is 12.3. The summed E-state index contributed by atoms with van der Waals surface area (Å²) in [6.45, 7) is 1.86. The molecular formula is C13H12N2O2. The number of nitrogens with zero attached hydrogens (tertiary/aromatic N) is 2. The molecule has 0 saturated carbocycles. The Morgan fingerprint density at radius 3 is 2.53 bits per heavy atom. The molecular weight excluding hydrogens is 216 g/mol. The fraction of sp³-hybridized carbons (Fsp3) is 0.154. The average Bonchev–Trinajstić information content (AvgIpc) is 2.39. The predicted molar refractivity (Wildman–Crippen MR) is 64.1 cm³/mol. The molecule has 17 heavy (non-hydrogen) atoms. The predicted octanol–water partition coefficient (Wildman–Crippen LogP) is 2.27. The highest BCUT2D eigenvalue weighted by atomic mass is 16.5. The molecule has 0 saturated heterocycles. The Kier molecular flexibility index (Phi) is 3.14. The van der Waals surface area contributed by atoms with Crippen LogP contribution in [0.1, 0.15) is 15.9 Å². The van der Waals surface area contributed by atoms with Gasteiger partial charge in [-0.15, -0.1) is 0 Å². The molecule has 0 aliphatic carbocycles. The molecule has 1 aromatic heterocycles. The molecule has 1 aromatic carbocycles. The van der Waals surface area contributed by atoms with E-state index in [0.29, 0.717) is 17.1 Å². The van der Waals surface area contributed by atoms with E-state index in [-0.39, 0.29) is 0 Å². The van der Waals surface area contributed by atoms with E-state index in [1.807, 2.05) is 6.92 Å². The third-order valence-electron chi connectivity index (χ3n) is 2.60. The van der Waals surface area contributed by atoms with E-state index in [0.717, 1.165) is 17.4 Å². The van der Waals surface area contributed by atoms with E-state index >= 15 is 0 Å². The number of rotatable bonds is 3. The maximum absolute atomic E-state index is 10.9. The van der Waals surface area contributed by atoms with Crippen LogP contribution in [0.25, 0.3) is 11.4 Å². The fourth-order valence-corrected chi connectivity index (χ4v) is 1.71. The van der Waals surface area contributed by atoms with Gasteiger partial charge >= 0.3 is 0 Å². The van der Waals surface area contributed by atoms with Gasteiger partial charge < -0.3 is 4.74 Å². The summed E-state index contributed by atoms with van der Waals surface area (Å²) in [4.78, 5) is 19.3. The number of ether oxygens (including phenoxy) is 1.